The summed E-state index contributed by atoms with van der Waals surface area (Å²) in [6.07, 6.45) is 5.65. The second-order valence-corrected chi connectivity index (χ2v) is 7.89. The number of carbonyl (C=O) groups excluding carboxylic acids is 1. The molecular weight excluding hydrogens is 354 g/mol. The first kappa shape index (κ1) is 19.1. The molecule has 1 aromatic carbocycles. The Hall–Kier alpha value is -2.22. The fourth-order valence-corrected chi connectivity index (χ4v) is 4.43. The Kier molecular flexibility index (Phi) is 5.75. The lowest BCUT2D eigenvalue weighted by Gasteiger charge is -2.46. The summed E-state index contributed by atoms with van der Waals surface area (Å²) in [5.41, 5.74) is 0.622. The fourth-order valence-electron chi connectivity index (χ4n) is 4.43. The zero-order valence-corrected chi connectivity index (χ0v) is 16.2. The maximum Gasteiger partial charge on any atom is 0.255 e. The van der Waals surface area contributed by atoms with Crippen LogP contribution in [0.3, 0.4) is 0 Å². The number of nitrogens with zero attached hydrogens (tertiary/aromatic N) is 3. The van der Waals surface area contributed by atoms with Crippen LogP contribution in [0.25, 0.3) is 0 Å². The quantitative estimate of drug-likeness (QED) is 0.698. The van der Waals surface area contributed by atoms with Crippen molar-refractivity contribution in [3.63, 3.8) is 0 Å². The molecule has 7 nitrogen and oxygen atoms in total. The minimum Gasteiger partial charge on any atom is -0.389 e. The van der Waals surface area contributed by atoms with Gasteiger partial charge >= 0.3 is 0 Å². The molecule has 2 aliphatic heterocycles. The lowest BCUT2D eigenvalue weighted by molar-refractivity contribution is -0.0171. The van der Waals surface area contributed by atoms with Crippen molar-refractivity contribution in [3.05, 3.63) is 53.9 Å². The maximum atomic E-state index is 12.8. The standard InChI is InChI=1S/C21H29N5O2/c27-19-16-26(13-12-25-9-4-5-10-25)11-8-21(19,18-6-2-1-3-7-18)24-20(28)17-14-22-23-15-17/h1-3,6-7,14-15,19,27H,4-5,8-13,16H2,(H,22,23)(H,24,28)/t19-,21+/m1/s1. The number of aliphatic hydroxyl groups is 1. The predicted molar refractivity (Wildman–Crippen MR) is 107 cm³/mol. The van der Waals surface area contributed by atoms with Crippen LogP contribution in [0, 0.1) is 0 Å². The highest BCUT2D eigenvalue weighted by atomic mass is 16.3. The molecule has 0 saturated carbocycles. The molecule has 0 radical (unpaired) electrons. The van der Waals surface area contributed by atoms with Gasteiger partial charge in [-0.05, 0) is 37.9 Å². The molecule has 3 heterocycles. The van der Waals surface area contributed by atoms with Crippen molar-refractivity contribution in [1.82, 2.24) is 25.3 Å². The molecular formula is C21H29N5O2. The van der Waals surface area contributed by atoms with E-state index in [4.69, 9.17) is 0 Å². The molecule has 2 saturated heterocycles. The average Bonchev–Trinajstić information content (AvgIpc) is 3.43. The van der Waals surface area contributed by atoms with Crippen molar-refractivity contribution < 1.29 is 9.90 Å². The van der Waals surface area contributed by atoms with Crippen LogP contribution in [0.15, 0.2) is 42.7 Å². The van der Waals surface area contributed by atoms with Gasteiger partial charge in [-0.1, -0.05) is 30.3 Å². The first-order valence-electron chi connectivity index (χ1n) is 10.2. The zero-order chi connectivity index (χ0) is 19.4. The van der Waals surface area contributed by atoms with Crippen LogP contribution in [0.2, 0.25) is 0 Å². The van der Waals surface area contributed by atoms with Gasteiger partial charge in [-0.2, -0.15) is 5.10 Å². The van der Waals surface area contributed by atoms with Crippen molar-refractivity contribution in [2.24, 2.45) is 0 Å². The highest BCUT2D eigenvalue weighted by Crippen LogP contribution is 2.33. The molecule has 0 bridgehead atoms. The summed E-state index contributed by atoms with van der Waals surface area (Å²) in [7, 11) is 0. The molecule has 2 atom stereocenters. The number of H-pyrrole nitrogens is 1. The monoisotopic (exact) mass is 383 g/mol. The van der Waals surface area contributed by atoms with Crippen molar-refractivity contribution >= 4 is 5.91 Å². The highest BCUT2D eigenvalue weighted by Gasteiger charge is 2.45. The van der Waals surface area contributed by atoms with Gasteiger partial charge in [0.1, 0.15) is 0 Å². The summed E-state index contributed by atoms with van der Waals surface area (Å²) < 4.78 is 0. The molecule has 28 heavy (non-hydrogen) atoms. The molecule has 2 aromatic rings. The smallest absolute Gasteiger partial charge is 0.255 e. The number of benzene rings is 1. The third-order valence-electron chi connectivity index (χ3n) is 6.14. The van der Waals surface area contributed by atoms with E-state index in [0.717, 1.165) is 25.2 Å². The zero-order valence-electron chi connectivity index (χ0n) is 16.2. The number of aliphatic hydroxyl groups excluding tert-OH is 1. The van der Waals surface area contributed by atoms with E-state index >= 15 is 0 Å². The van der Waals surface area contributed by atoms with E-state index in [0.29, 0.717) is 18.5 Å². The third-order valence-corrected chi connectivity index (χ3v) is 6.14. The van der Waals surface area contributed by atoms with Gasteiger partial charge in [-0.3, -0.25) is 14.8 Å². The number of aromatic amines is 1. The lowest BCUT2D eigenvalue weighted by Crippen LogP contribution is -2.62. The van der Waals surface area contributed by atoms with Crippen molar-refractivity contribution in [2.45, 2.75) is 30.9 Å². The minimum absolute atomic E-state index is 0.220. The number of hydrogen-bond donors (Lipinski definition) is 3. The summed E-state index contributed by atoms with van der Waals surface area (Å²) in [5.74, 6) is -0.220. The molecule has 0 spiro atoms. The number of piperidine rings is 1. The topological polar surface area (TPSA) is 84.5 Å². The van der Waals surface area contributed by atoms with Crippen molar-refractivity contribution in [1.29, 1.82) is 0 Å². The summed E-state index contributed by atoms with van der Waals surface area (Å²) in [6.45, 7) is 5.76. The van der Waals surface area contributed by atoms with E-state index in [1.54, 1.807) is 6.20 Å². The Morgan fingerprint density at radius 1 is 1.18 bits per heavy atom. The molecule has 150 valence electrons. The van der Waals surface area contributed by atoms with Gasteiger partial charge in [0.15, 0.2) is 0 Å². The van der Waals surface area contributed by atoms with Crippen LogP contribution in [0.4, 0.5) is 0 Å². The van der Waals surface area contributed by atoms with Crippen LogP contribution < -0.4 is 5.32 Å². The Bertz CT molecular complexity index is 760. The predicted octanol–water partition coefficient (Wildman–Crippen LogP) is 1.20. The van der Waals surface area contributed by atoms with E-state index in [9.17, 15) is 9.90 Å². The number of aromatic nitrogens is 2. The molecule has 0 unspecified atom stereocenters. The summed E-state index contributed by atoms with van der Waals surface area (Å²) in [5, 5.41) is 20.9. The van der Waals surface area contributed by atoms with Crippen LogP contribution in [0.1, 0.15) is 35.2 Å². The molecule has 7 heteroatoms. The number of nitrogens with one attached hydrogen (secondary N) is 2. The van der Waals surface area contributed by atoms with Crippen molar-refractivity contribution in [2.75, 3.05) is 39.3 Å². The normalized spacial score (nSPS) is 26.4. The molecule has 0 aliphatic carbocycles. The van der Waals surface area contributed by atoms with Crippen LogP contribution in [0.5, 0.6) is 0 Å². The van der Waals surface area contributed by atoms with Crippen LogP contribution in [-0.2, 0) is 5.54 Å². The van der Waals surface area contributed by atoms with E-state index in [1.807, 2.05) is 30.3 Å². The van der Waals surface area contributed by atoms with E-state index in [2.05, 4.69) is 25.3 Å². The van der Waals surface area contributed by atoms with Gasteiger partial charge in [-0.25, -0.2) is 0 Å². The summed E-state index contributed by atoms with van der Waals surface area (Å²) in [6, 6.07) is 9.82. The van der Waals surface area contributed by atoms with Gasteiger partial charge in [0.05, 0.1) is 23.4 Å². The fraction of sp³-hybridized carbons (Fsp3) is 0.524. The highest BCUT2D eigenvalue weighted by molar-refractivity contribution is 5.94. The molecule has 2 aliphatic rings. The van der Waals surface area contributed by atoms with E-state index in [-0.39, 0.29) is 5.91 Å². The number of likely N-dealkylation sites (tertiary alicyclic amines) is 2. The van der Waals surface area contributed by atoms with Gasteiger partial charge < -0.3 is 15.3 Å². The second kappa shape index (κ2) is 8.43. The third kappa shape index (κ3) is 3.97. The lowest BCUT2D eigenvalue weighted by atomic mass is 9.78. The molecule has 2 fully saturated rings. The molecule has 4 rings (SSSR count). The average molecular weight is 383 g/mol. The van der Waals surface area contributed by atoms with E-state index in [1.165, 1.54) is 32.1 Å². The van der Waals surface area contributed by atoms with Crippen LogP contribution >= 0.6 is 0 Å². The Morgan fingerprint density at radius 3 is 2.61 bits per heavy atom. The van der Waals surface area contributed by atoms with E-state index < -0.39 is 11.6 Å². The summed E-state index contributed by atoms with van der Waals surface area (Å²) >= 11 is 0. The second-order valence-electron chi connectivity index (χ2n) is 7.89. The number of amides is 1. The number of β-amino-alcohol motifs (C(OH)–C–C–N with tert-alkyl or cyclic N) is 1. The maximum absolute atomic E-state index is 12.8. The Morgan fingerprint density at radius 2 is 1.93 bits per heavy atom. The number of carbonyl (C=O) groups is 1. The first-order chi connectivity index (χ1) is 13.7. The summed E-state index contributed by atoms with van der Waals surface area (Å²) in [4.78, 5) is 17.6. The largest absolute Gasteiger partial charge is 0.389 e. The molecule has 1 aromatic heterocycles. The minimum atomic E-state index is -0.792. The van der Waals surface area contributed by atoms with Crippen LogP contribution in [-0.4, -0.2) is 76.4 Å². The molecule has 3 N–H and O–H groups in total. The Balaban J connectivity index is 1.49. The van der Waals surface area contributed by atoms with Crippen molar-refractivity contribution in [3.8, 4) is 0 Å². The number of rotatable bonds is 6. The Labute approximate surface area is 165 Å². The SMILES string of the molecule is O=C(N[C@]1(c2ccccc2)CCN(CCN2CCCC2)C[C@H]1O)c1cn[nH]c1. The molecule has 1 amide bonds. The number of hydrogen-bond acceptors (Lipinski definition) is 5. The first-order valence-corrected chi connectivity index (χ1v) is 10.2. The van der Waals surface area contributed by atoms with Gasteiger partial charge in [-0.15, -0.1) is 0 Å². The van der Waals surface area contributed by atoms with Gasteiger partial charge in [0.2, 0.25) is 0 Å². The van der Waals surface area contributed by atoms with Gasteiger partial charge in [0.25, 0.3) is 5.91 Å². The van der Waals surface area contributed by atoms with Gasteiger partial charge in [0, 0.05) is 32.4 Å².